The van der Waals surface area contributed by atoms with E-state index in [0.29, 0.717) is 13.1 Å². The third kappa shape index (κ3) is 4.40. The maximum atomic E-state index is 13.0. The third-order valence-corrected chi connectivity index (χ3v) is 5.53. The number of hydrogen-bond donors (Lipinski definition) is 0. The van der Waals surface area contributed by atoms with E-state index in [4.69, 9.17) is 4.74 Å². The van der Waals surface area contributed by atoms with Gasteiger partial charge in [-0.15, -0.1) is 0 Å². The molecule has 0 N–H and O–H groups in total. The van der Waals surface area contributed by atoms with Gasteiger partial charge in [0.05, 0.1) is 7.11 Å². The number of hydrogen-bond acceptors (Lipinski definition) is 4. The summed E-state index contributed by atoms with van der Waals surface area (Å²) < 4.78 is 4.94. The second kappa shape index (κ2) is 8.48. The lowest BCUT2D eigenvalue weighted by atomic mass is 9.89. The van der Waals surface area contributed by atoms with Gasteiger partial charge in [0, 0.05) is 32.7 Å². The van der Waals surface area contributed by atoms with Crippen molar-refractivity contribution in [1.82, 2.24) is 9.80 Å². The van der Waals surface area contributed by atoms with Crippen LogP contribution in [-0.2, 0) is 20.9 Å². The van der Waals surface area contributed by atoms with Crippen LogP contribution in [-0.4, -0.2) is 55.0 Å². The minimum absolute atomic E-state index is 0.0295. The molecule has 0 unspecified atom stereocenters. The number of benzene rings is 1. The normalized spacial score (nSPS) is 20.4. The highest BCUT2D eigenvalue weighted by molar-refractivity contribution is 5.98. The largest absolute Gasteiger partial charge is 0.468 e. The second-order valence-electron chi connectivity index (χ2n) is 7.13. The lowest BCUT2D eigenvalue weighted by Crippen LogP contribution is -2.52. The molecule has 1 saturated heterocycles. The molecule has 1 atom stereocenters. The van der Waals surface area contributed by atoms with E-state index in [1.807, 2.05) is 11.0 Å². The standard InChI is InChI=1S/C20H28N2O3/c1-25-20(24)18(17-9-5-6-10-17)19(23)22-13-11-21(12-14-22)15-16-7-3-2-4-8-16/h2-4,7-8,17-18H,5-6,9-15H2,1H3/t18-/m1/s1. The maximum absolute atomic E-state index is 13.0. The lowest BCUT2D eigenvalue weighted by molar-refractivity contribution is -0.157. The number of esters is 1. The van der Waals surface area contributed by atoms with E-state index in [1.54, 1.807) is 0 Å². The summed E-state index contributed by atoms with van der Waals surface area (Å²) in [6.45, 7) is 3.97. The van der Waals surface area contributed by atoms with Gasteiger partial charge in [-0.2, -0.15) is 0 Å². The van der Waals surface area contributed by atoms with Crippen LogP contribution in [0.25, 0.3) is 0 Å². The highest BCUT2D eigenvalue weighted by Gasteiger charge is 2.40. The Morgan fingerprint density at radius 2 is 1.72 bits per heavy atom. The predicted molar refractivity (Wildman–Crippen MR) is 95.8 cm³/mol. The minimum atomic E-state index is -0.604. The SMILES string of the molecule is COC(=O)[C@@H](C(=O)N1CCN(Cc2ccccc2)CC1)C1CCCC1. The first-order chi connectivity index (χ1) is 12.2. The van der Waals surface area contributed by atoms with Crippen molar-refractivity contribution in [3.63, 3.8) is 0 Å². The molecule has 0 radical (unpaired) electrons. The average Bonchev–Trinajstić information content (AvgIpc) is 3.17. The molecule has 1 aromatic carbocycles. The Bertz CT molecular complexity index is 576. The van der Waals surface area contributed by atoms with E-state index in [-0.39, 0.29) is 17.8 Å². The van der Waals surface area contributed by atoms with Crippen LogP contribution in [0.5, 0.6) is 0 Å². The number of piperazine rings is 1. The lowest BCUT2D eigenvalue weighted by Gasteiger charge is -2.37. The molecule has 1 heterocycles. The van der Waals surface area contributed by atoms with Gasteiger partial charge in [-0.3, -0.25) is 14.5 Å². The molecule has 1 saturated carbocycles. The van der Waals surface area contributed by atoms with Gasteiger partial charge >= 0.3 is 5.97 Å². The molecule has 5 heteroatoms. The van der Waals surface area contributed by atoms with Crippen LogP contribution in [0.2, 0.25) is 0 Å². The van der Waals surface area contributed by atoms with E-state index >= 15 is 0 Å². The van der Waals surface area contributed by atoms with E-state index in [9.17, 15) is 9.59 Å². The van der Waals surface area contributed by atoms with Gasteiger partial charge < -0.3 is 9.64 Å². The van der Waals surface area contributed by atoms with Gasteiger partial charge in [-0.1, -0.05) is 43.2 Å². The summed E-state index contributed by atoms with van der Waals surface area (Å²) in [6, 6.07) is 10.4. The van der Waals surface area contributed by atoms with E-state index < -0.39 is 5.92 Å². The fourth-order valence-corrected chi connectivity index (χ4v) is 4.08. The van der Waals surface area contributed by atoms with Crippen molar-refractivity contribution in [2.75, 3.05) is 33.3 Å². The quantitative estimate of drug-likeness (QED) is 0.608. The van der Waals surface area contributed by atoms with Crippen LogP contribution in [0.15, 0.2) is 30.3 Å². The molecule has 1 aromatic rings. The Kier molecular flexibility index (Phi) is 6.08. The Balaban J connectivity index is 1.57. The van der Waals surface area contributed by atoms with Gasteiger partial charge in [0.2, 0.25) is 5.91 Å². The second-order valence-corrected chi connectivity index (χ2v) is 7.13. The molecule has 5 nitrogen and oxygen atoms in total. The van der Waals surface area contributed by atoms with Gasteiger partial charge in [-0.05, 0) is 24.3 Å². The topological polar surface area (TPSA) is 49.9 Å². The Labute approximate surface area is 149 Å². The smallest absolute Gasteiger partial charge is 0.318 e. The van der Waals surface area contributed by atoms with Crippen molar-refractivity contribution in [3.8, 4) is 0 Å². The Hall–Kier alpha value is -1.88. The molecule has 1 amide bonds. The highest BCUT2D eigenvalue weighted by atomic mass is 16.5. The number of rotatable bonds is 5. The van der Waals surface area contributed by atoms with Gasteiger partial charge in [-0.25, -0.2) is 0 Å². The summed E-state index contributed by atoms with van der Waals surface area (Å²) in [5.74, 6) is -0.836. The summed E-state index contributed by atoms with van der Waals surface area (Å²) >= 11 is 0. The highest BCUT2D eigenvalue weighted by Crippen LogP contribution is 2.33. The first-order valence-corrected chi connectivity index (χ1v) is 9.32. The zero-order valence-electron chi connectivity index (χ0n) is 15.0. The van der Waals surface area contributed by atoms with E-state index in [2.05, 4.69) is 29.2 Å². The van der Waals surface area contributed by atoms with Crippen molar-refractivity contribution >= 4 is 11.9 Å². The number of amides is 1. The van der Waals surface area contributed by atoms with E-state index in [1.165, 1.54) is 12.7 Å². The predicted octanol–water partition coefficient (Wildman–Crippen LogP) is 2.31. The fourth-order valence-electron chi connectivity index (χ4n) is 4.08. The molecule has 0 bridgehead atoms. The van der Waals surface area contributed by atoms with Crippen molar-refractivity contribution < 1.29 is 14.3 Å². The molecule has 2 fully saturated rings. The monoisotopic (exact) mass is 344 g/mol. The van der Waals surface area contributed by atoms with Crippen LogP contribution in [0.1, 0.15) is 31.2 Å². The first kappa shape index (κ1) is 17.9. The zero-order valence-corrected chi connectivity index (χ0v) is 15.0. The first-order valence-electron chi connectivity index (χ1n) is 9.32. The van der Waals surface area contributed by atoms with Gasteiger partial charge in [0.1, 0.15) is 5.92 Å². The van der Waals surface area contributed by atoms with Crippen LogP contribution < -0.4 is 0 Å². The van der Waals surface area contributed by atoms with Crippen LogP contribution in [0, 0.1) is 11.8 Å². The average molecular weight is 344 g/mol. The van der Waals surface area contributed by atoms with Crippen molar-refractivity contribution in [2.24, 2.45) is 11.8 Å². The van der Waals surface area contributed by atoms with Gasteiger partial charge in [0.25, 0.3) is 0 Å². The Morgan fingerprint density at radius 3 is 2.32 bits per heavy atom. The molecule has 25 heavy (non-hydrogen) atoms. The van der Waals surface area contributed by atoms with E-state index in [0.717, 1.165) is 45.3 Å². The summed E-state index contributed by atoms with van der Waals surface area (Å²) in [5, 5.41) is 0. The molecule has 2 aliphatic rings. The van der Waals surface area contributed by atoms with Crippen LogP contribution in [0.3, 0.4) is 0 Å². The third-order valence-electron chi connectivity index (χ3n) is 5.53. The summed E-state index contributed by atoms with van der Waals surface area (Å²) in [6.07, 6.45) is 4.13. The van der Waals surface area contributed by atoms with Gasteiger partial charge in [0.15, 0.2) is 0 Å². The molecule has 1 aliphatic heterocycles. The molecular formula is C20H28N2O3. The number of carbonyl (C=O) groups excluding carboxylic acids is 2. The number of ether oxygens (including phenoxy) is 1. The minimum Gasteiger partial charge on any atom is -0.468 e. The molecule has 136 valence electrons. The van der Waals surface area contributed by atoms with Crippen molar-refractivity contribution in [2.45, 2.75) is 32.2 Å². The molecule has 0 spiro atoms. The zero-order chi connectivity index (χ0) is 17.6. The van der Waals surface area contributed by atoms with Crippen LogP contribution >= 0.6 is 0 Å². The Morgan fingerprint density at radius 1 is 1.08 bits per heavy atom. The molecule has 1 aliphatic carbocycles. The summed E-state index contributed by atoms with van der Waals surface area (Å²) in [4.78, 5) is 29.4. The molecular weight excluding hydrogens is 316 g/mol. The molecule has 0 aromatic heterocycles. The number of carbonyl (C=O) groups is 2. The summed E-state index contributed by atoms with van der Waals surface area (Å²) in [5.41, 5.74) is 1.29. The fraction of sp³-hybridized carbons (Fsp3) is 0.600. The number of nitrogens with zero attached hydrogens (tertiary/aromatic N) is 2. The van der Waals surface area contributed by atoms with Crippen molar-refractivity contribution in [1.29, 1.82) is 0 Å². The molecule has 3 rings (SSSR count). The number of methoxy groups -OCH3 is 1. The van der Waals surface area contributed by atoms with Crippen molar-refractivity contribution in [3.05, 3.63) is 35.9 Å². The maximum Gasteiger partial charge on any atom is 0.318 e. The van der Waals surface area contributed by atoms with Crippen LogP contribution in [0.4, 0.5) is 0 Å². The summed E-state index contributed by atoms with van der Waals surface area (Å²) in [7, 11) is 1.38.